The van der Waals surface area contributed by atoms with Gasteiger partial charge in [-0.1, -0.05) is 40.2 Å². The Balaban J connectivity index is 2.36. The molecule has 3 heteroatoms. The summed E-state index contributed by atoms with van der Waals surface area (Å²) in [6.07, 6.45) is 0. The minimum absolute atomic E-state index is 0.192. The molecule has 0 heterocycles. The number of hydrogen-bond acceptors (Lipinski definition) is 2. The van der Waals surface area contributed by atoms with Gasteiger partial charge in [0, 0.05) is 4.47 Å². The van der Waals surface area contributed by atoms with E-state index in [0.717, 1.165) is 15.8 Å². The molecule has 2 aromatic rings. The molecule has 0 aromatic heterocycles. The van der Waals surface area contributed by atoms with Crippen LogP contribution in [0.25, 0.3) is 0 Å². The molecule has 0 bridgehead atoms. The zero-order chi connectivity index (χ0) is 13.8. The number of nitrogens with one attached hydrogen (secondary N) is 1. The fourth-order valence-corrected chi connectivity index (χ4v) is 2.53. The summed E-state index contributed by atoms with van der Waals surface area (Å²) < 4.78 is 6.40. The Hall–Kier alpha value is -1.32. The summed E-state index contributed by atoms with van der Waals surface area (Å²) in [6.45, 7) is 2.07. The summed E-state index contributed by atoms with van der Waals surface area (Å²) in [5.41, 5.74) is 3.63. The first-order valence-corrected chi connectivity index (χ1v) is 7.02. The van der Waals surface area contributed by atoms with E-state index in [9.17, 15) is 0 Å². The van der Waals surface area contributed by atoms with Crippen molar-refractivity contribution in [1.29, 1.82) is 0 Å². The van der Waals surface area contributed by atoms with Gasteiger partial charge in [-0.2, -0.15) is 0 Å². The van der Waals surface area contributed by atoms with Crippen molar-refractivity contribution >= 4 is 15.9 Å². The lowest BCUT2D eigenvalue weighted by Gasteiger charge is -2.18. The lowest BCUT2D eigenvalue weighted by Crippen LogP contribution is -2.17. The number of hydrogen-bond donors (Lipinski definition) is 1. The zero-order valence-electron chi connectivity index (χ0n) is 11.4. The summed E-state index contributed by atoms with van der Waals surface area (Å²) in [4.78, 5) is 0. The highest BCUT2D eigenvalue weighted by atomic mass is 79.9. The topological polar surface area (TPSA) is 21.3 Å². The quantitative estimate of drug-likeness (QED) is 0.917. The Morgan fingerprint density at radius 1 is 1.05 bits per heavy atom. The molecule has 100 valence electrons. The van der Waals surface area contributed by atoms with Gasteiger partial charge in [0.25, 0.3) is 0 Å². The lowest BCUT2D eigenvalue weighted by atomic mass is 9.97. The highest BCUT2D eigenvalue weighted by molar-refractivity contribution is 9.10. The van der Waals surface area contributed by atoms with Crippen LogP contribution in [0.1, 0.15) is 22.7 Å². The predicted molar refractivity (Wildman–Crippen MR) is 82.8 cm³/mol. The van der Waals surface area contributed by atoms with Crippen LogP contribution in [0.15, 0.2) is 46.9 Å². The van der Waals surface area contributed by atoms with E-state index in [2.05, 4.69) is 64.6 Å². The van der Waals surface area contributed by atoms with Crippen LogP contribution in [-0.2, 0) is 0 Å². The van der Waals surface area contributed by atoms with Crippen LogP contribution in [0.2, 0.25) is 0 Å². The van der Waals surface area contributed by atoms with Crippen molar-refractivity contribution < 1.29 is 4.74 Å². The van der Waals surface area contributed by atoms with Crippen molar-refractivity contribution in [3.05, 3.63) is 63.6 Å². The van der Waals surface area contributed by atoms with E-state index < -0.39 is 0 Å². The molecule has 0 aliphatic carbocycles. The summed E-state index contributed by atoms with van der Waals surface area (Å²) >= 11 is 3.47. The summed E-state index contributed by atoms with van der Waals surface area (Å²) in [7, 11) is 3.68. The molecule has 0 amide bonds. The normalized spacial score (nSPS) is 12.2. The Kier molecular flexibility index (Phi) is 4.61. The van der Waals surface area contributed by atoms with Gasteiger partial charge >= 0.3 is 0 Å². The van der Waals surface area contributed by atoms with Gasteiger partial charge < -0.3 is 10.1 Å². The highest BCUT2D eigenvalue weighted by Gasteiger charge is 2.13. The van der Waals surface area contributed by atoms with Gasteiger partial charge in [-0.05, 0) is 48.9 Å². The minimum Gasteiger partial charge on any atom is -0.496 e. The molecule has 0 fully saturated rings. The number of rotatable bonds is 4. The van der Waals surface area contributed by atoms with Crippen molar-refractivity contribution in [1.82, 2.24) is 5.32 Å². The van der Waals surface area contributed by atoms with Gasteiger partial charge in [-0.15, -0.1) is 0 Å². The monoisotopic (exact) mass is 319 g/mol. The van der Waals surface area contributed by atoms with Crippen molar-refractivity contribution in [3.63, 3.8) is 0 Å². The maximum absolute atomic E-state index is 5.31. The van der Waals surface area contributed by atoms with Crippen LogP contribution in [-0.4, -0.2) is 14.2 Å². The van der Waals surface area contributed by atoms with E-state index in [1.165, 1.54) is 11.1 Å². The molecule has 0 spiro atoms. The van der Waals surface area contributed by atoms with E-state index in [-0.39, 0.29) is 6.04 Å². The molecule has 0 saturated heterocycles. The number of methoxy groups -OCH3 is 1. The van der Waals surface area contributed by atoms with E-state index in [1.807, 2.05) is 13.1 Å². The molecule has 1 N–H and O–H groups in total. The lowest BCUT2D eigenvalue weighted by molar-refractivity contribution is 0.411. The SMILES string of the molecule is CNC(c1ccc(Br)cc1)c1ccc(OC)c(C)c1. The first kappa shape index (κ1) is 14.1. The Labute approximate surface area is 122 Å². The van der Waals surface area contributed by atoms with Crippen LogP contribution in [0.3, 0.4) is 0 Å². The first-order valence-electron chi connectivity index (χ1n) is 6.23. The van der Waals surface area contributed by atoms with Crippen molar-refractivity contribution in [2.75, 3.05) is 14.2 Å². The molecule has 2 rings (SSSR count). The number of ether oxygens (including phenoxy) is 1. The van der Waals surface area contributed by atoms with E-state index in [1.54, 1.807) is 7.11 Å². The largest absolute Gasteiger partial charge is 0.496 e. The standard InChI is InChI=1S/C16H18BrNO/c1-11-10-13(6-9-15(11)19-3)16(18-2)12-4-7-14(17)8-5-12/h4-10,16,18H,1-3H3. The molecule has 0 aliphatic heterocycles. The third kappa shape index (κ3) is 3.17. The second kappa shape index (κ2) is 6.22. The second-order valence-corrected chi connectivity index (χ2v) is 5.42. The Bertz CT molecular complexity index is 551. The van der Waals surface area contributed by atoms with Crippen LogP contribution in [0.4, 0.5) is 0 Å². The van der Waals surface area contributed by atoms with Crippen LogP contribution < -0.4 is 10.1 Å². The van der Waals surface area contributed by atoms with Crippen LogP contribution in [0.5, 0.6) is 5.75 Å². The predicted octanol–water partition coefficient (Wildman–Crippen LogP) is 4.07. The van der Waals surface area contributed by atoms with Crippen molar-refractivity contribution in [2.24, 2.45) is 0 Å². The Morgan fingerprint density at radius 2 is 1.68 bits per heavy atom. The molecular formula is C16H18BrNO. The van der Waals surface area contributed by atoms with Crippen molar-refractivity contribution in [2.45, 2.75) is 13.0 Å². The summed E-state index contributed by atoms with van der Waals surface area (Å²) in [6, 6.07) is 14.9. The smallest absolute Gasteiger partial charge is 0.121 e. The first-order chi connectivity index (χ1) is 9.15. The van der Waals surface area contributed by atoms with Gasteiger partial charge in [-0.3, -0.25) is 0 Å². The fraction of sp³-hybridized carbons (Fsp3) is 0.250. The second-order valence-electron chi connectivity index (χ2n) is 4.50. The van der Waals surface area contributed by atoms with Gasteiger partial charge in [0.2, 0.25) is 0 Å². The third-order valence-electron chi connectivity index (χ3n) is 3.24. The minimum atomic E-state index is 0.192. The average Bonchev–Trinajstić information content (AvgIpc) is 2.42. The fourth-order valence-electron chi connectivity index (χ4n) is 2.26. The van der Waals surface area contributed by atoms with E-state index in [0.29, 0.717) is 0 Å². The maximum atomic E-state index is 5.31. The molecule has 2 aromatic carbocycles. The molecule has 0 radical (unpaired) electrons. The summed E-state index contributed by atoms with van der Waals surface area (Å²) in [5, 5.41) is 3.36. The average molecular weight is 320 g/mol. The highest BCUT2D eigenvalue weighted by Crippen LogP contribution is 2.27. The molecule has 2 nitrogen and oxygen atoms in total. The molecule has 0 aliphatic rings. The van der Waals surface area contributed by atoms with Gasteiger partial charge in [0.1, 0.15) is 5.75 Å². The molecular weight excluding hydrogens is 302 g/mol. The zero-order valence-corrected chi connectivity index (χ0v) is 13.0. The van der Waals surface area contributed by atoms with Gasteiger partial charge in [0.05, 0.1) is 13.2 Å². The molecule has 1 atom stereocenters. The number of halogens is 1. The summed E-state index contributed by atoms with van der Waals surface area (Å²) in [5.74, 6) is 0.925. The van der Waals surface area contributed by atoms with Crippen LogP contribution in [0, 0.1) is 6.92 Å². The third-order valence-corrected chi connectivity index (χ3v) is 3.77. The van der Waals surface area contributed by atoms with Crippen LogP contribution >= 0.6 is 15.9 Å². The maximum Gasteiger partial charge on any atom is 0.121 e. The Morgan fingerprint density at radius 3 is 2.21 bits per heavy atom. The molecule has 19 heavy (non-hydrogen) atoms. The molecule has 0 saturated carbocycles. The van der Waals surface area contributed by atoms with E-state index >= 15 is 0 Å². The van der Waals surface area contributed by atoms with E-state index in [4.69, 9.17) is 4.74 Å². The van der Waals surface area contributed by atoms with Crippen molar-refractivity contribution in [3.8, 4) is 5.75 Å². The van der Waals surface area contributed by atoms with Gasteiger partial charge in [-0.25, -0.2) is 0 Å². The van der Waals surface area contributed by atoms with Gasteiger partial charge in [0.15, 0.2) is 0 Å². The molecule has 1 unspecified atom stereocenters. The number of benzene rings is 2. The number of aryl methyl sites for hydroxylation is 1.